The second-order valence-electron chi connectivity index (χ2n) is 6.13. The van der Waals surface area contributed by atoms with Gasteiger partial charge in [0.05, 0.1) is 18.2 Å². The number of nitrogens with one attached hydrogen (secondary N) is 1. The maximum Gasteiger partial charge on any atom is 0.252 e. The van der Waals surface area contributed by atoms with E-state index in [0.717, 1.165) is 23.2 Å². The molecule has 0 bridgehead atoms. The highest BCUT2D eigenvalue weighted by atomic mass is 79.9. The highest BCUT2D eigenvalue weighted by Crippen LogP contribution is 2.29. The lowest BCUT2D eigenvalue weighted by atomic mass is 10.0. The van der Waals surface area contributed by atoms with E-state index in [1.807, 2.05) is 44.4 Å². The molecule has 1 aliphatic heterocycles. The number of hydrogen-bond acceptors (Lipinski definition) is 3. The van der Waals surface area contributed by atoms with Crippen LogP contribution in [0.3, 0.4) is 0 Å². The lowest BCUT2D eigenvalue weighted by Crippen LogP contribution is -2.34. The molecule has 1 N–H and O–H groups in total. The Kier molecular flexibility index (Phi) is 5.21. The zero-order valence-electron chi connectivity index (χ0n) is 13.9. The number of amides is 1. The molecule has 0 spiro atoms. The lowest BCUT2D eigenvalue weighted by molar-refractivity contribution is 0.0941. The van der Waals surface area contributed by atoms with Crippen molar-refractivity contribution >= 4 is 21.8 Å². The molecule has 0 saturated carbocycles. The molecule has 0 radical (unpaired) electrons. The Hall–Kier alpha value is -1.85. The van der Waals surface area contributed by atoms with Crippen LogP contribution in [0.5, 0.6) is 5.75 Å². The lowest BCUT2D eigenvalue weighted by Gasteiger charge is -2.25. The Morgan fingerprint density at radius 1 is 1.29 bits per heavy atom. The van der Waals surface area contributed by atoms with E-state index in [0.29, 0.717) is 12.1 Å². The molecule has 3 rings (SSSR count). The quantitative estimate of drug-likeness (QED) is 0.852. The number of nitrogens with zero attached hydrogens (tertiary/aromatic N) is 1. The van der Waals surface area contributed by atoms with Crippen molar-refractivity contribution in [3.63, 3.8) is 0 Å². The molecule has 126 valence electrons. The molecule has 0 fully saturated rings. The minimum Gasteiger partial charge on any atom is -0.493 e. The summed E-state index contributed by atoms with van der Waals surface area (Å²) in [7, 11) is 4.05. The summed E-state index contributed by atoms with van der Waals surface area (Å²) in [6.45, 7) is 1.30. The second kappa shape index (κ2) is 7.36. The summed E-state index contributed by atoms with van der Waals surface area (Å²) < 4.78 is 6.38. The van der Waals surface area contributed by atoms with Crippen LogP contribution < -0.4 is 10.1 Å². The van der Waals surface area contributed by atoms with Crippen molar-refractivity contribution in [3.8, 4) is 5.75 Å². The fourth-order valence-corrected chi connectivity index (χ4v) is 3.41. The molecule has 1 atom stereocenters. The maximum atomic E-state index is 12.4. The largest absolute Gasteiger partial charge is 0.493 e. The molecule has 0 saturated heterocycles. The van der Waals surface area contributed by atoms with E-state index < -0.39 is 0 Å². The minimum atomic E-state index is -0.0705. The van der Waals surface area contributed by atoms with Crippen LogP contribution in [0.1, 0.15) is 27.5 Å². The van der Waals surface area contributed by atoms with Gasteiger partial charge >= 0.3 is 0 Å². The van der Waals surface area contributed by atoms with Crippen LogP contribution in [-0.2, 0) is 6.42 Å². The summed E-state index contributed by atoms with van der Waals surface area (Å²) in [6, 6.07) is 13.9. The zero-order chi connectivity index (χ0) is 17.1. The zero-order valence-corrected chi connectivity index (χ0v) is 15.5. The SMILES string of the molecule is CN(C)C(CNC(=O)c1ccccc1Br)c1ccc2c(c1)CCO2. The molecular weight excluding hydrogens is 368 g/mol. The van der Waals surface area contributed by atoms with E-state index in [9.17, 15) is 4.79 Å². The molecule has 4 nitrogen and oxygen atoms in total. The van der Waals surface area contributed by atoms with Crippen molar-refractivity contribution in [1.29, 1.82) is 0 Å². The number of likely N-dealkylation sites (N-methyl/N-ethyl adjacent to an activating group) is 1. The third kappa shape index (κ3) is 3.62. The average Bonchev–Trinajstić information content (AvgIpc) is 3.02. The Balaban J connectivity index is 1.73. The number of ether oxygens (including phenoxy) is 1. The van der Waals surface area contributed by atoms with Gasteiger partial charge in [0.2, 0.25) is 0 Å². The van der Waals surface area contributed by atoms with Crippen LogP contribution in [-0.4, -0.2) is 38.1 Å². The Morgan fingerprint density at radius 3 is 2.83 bits per heavy atom. The first-order valence-corrected chi connectivity index (χ1v) is 8.80. The van der Waals surface area contributed by atoms with Gasteiger partial charge in [0.15, 0.2) is 0 Å². The van der Waals surface area contributed by atoms with Crippen LogP contribution in [0, 0.1) is 0 Å². The summed E-state index contributed by atoms with van der Waals surface area (Å²) in [5, 5.41) is 3.05. The molecular formula is C19H21BrN2O2. The van der Waals surface area contributed by atoms with Gasteiger partial charge in [-0.25, -0.2) is 0 Å². The molecule has 1 heterocycles. The summed E-state index contributed by atoms with van der Waals surface area (Å²) in [5.41, 5.74) is 3.09. The van der Waals surface area contributed by atoms with Gasteiger partial charge in [-0.2, -0.15) is 0 Å². The van der Waals surface area contributed by atoms with Crippen molar-refractivity contribution in [2.75, 3.05) is 27.2 Å². The Bertz CT molecular complexity index is 746. The Labute approximate surface area is 150 Å². The summed E-state index contributed by atoms with van der Waals surface area (Å²) >= 11 is 3.43. The van der Waals surface area contributed by atoms with Gasteiger partial charge in [0, 0.05) is 17.4 Å². The first-order valence-electron chi connectivity index (χ1n) is 8.01. The van der Waals surface area contributed by atoms with E-state index >= 15 is 0 Å². The second-order valence-corrected chi connectivity index (χ2v) is 6.99. The molecule has 1 amide bonds. The van der Waals surface area contributed by atoms with Crippen molar-refractivity contribution in [2.24, 2.45) is 0 Å². The minimum absolute atomic E-state index is 0.0705. The summed E-state index contributed by atoms with van der Waals surface area (Å²) in [6.07, 6.45) is 0.951. The maximum absolute atomic E-state index is 12.4. The molecule has 1 aliphatic rings. The van der Waals surface area contributed by atoms with Crippen molar-refractivity contribution in [2.45, 2.75) is 12.5 Å². The summed E-state index contributed by atoms with van der Waals surface area (Å²) in [5.74, 6) is 0.910. The predicted molar refractivity (Wildman–Crippen MR) is 98.5 cm³/mol. The van der Waals surface area contributed by atoms with Gasteiger partial charge < -0.3 is 15.0 Å². The van der Waals surface area contributed by atoms with Crippen LogP contribution in [0.25, 0.3) is 0 Å². The molecule has 2 aromatic rings. The van der Waals surface area contributed by atoms with Crippen molar-refractivity contribution in [1.82, 2.24) is 10.2 Å². The normalized spacial score (nSPS) is 14.2. The number of carbonyl (C=O) groups is 1. The van der Waals surface area contributed by atoms with Gasteiger partial charge in [-0.05, 0) is 59.4 Å². The molecule has 0 aromatic heterocycles. The number of carbonyl (C=O) groups excluding carboxylic acids is 1. The van der Waals surface area contributed by atoms with E-state index in [1.165, 1.54) is 11.1 Å². The van der Waals surface area contributed by atoms with Gasteiger partial charge in [0.1, 0.15) is 5.75 Å². The number of halogens is 1. The van der Waals surface area contributed by atoms with Crippen LogP contribution in [0.4, 0.5) is 0 Å². The van der Waals surface area contributed by atoms with E-state index in [-0.39, 0.29) is 11.9 Å². The standard InChI is InChI=1S/C19H21BrN2O2/c1-22(2)17(13-7-8-18-14(11-13)9-10-24-18)12-21-19(23)15-5-3-4-6-16(15)20/h3-8,11,17H,9-10,12H2,1-2H3,(H,21,23). The monoisotopic (exact) mass is 388 g/mol. The first kappa shape index (κ1) is 17.0. The highest BCUT2D eigenvalue weighted by Gasteiger charge is 2.20. The molecule has 0 aliphatic carbocycles. The number of fused-ring (bicyclic) bond motifs is 1. The third-order valence-electron chi connectivity index (χ3n) is 4.30. The summed E-state index contributed by atoms with van der Waals surface area (Å²) in [4.78, 5) is 14.6. The number of benzene rings is 2. The smallest absolute Gasteiger partial charge is 0.252 e. The van der Waals surface area contributed by atoms with Crippen molar-refractivity contribution < 1.29 is 9.53 Å². The van der Waals surface area contributed by atoms with E-state index in [1.54, 1.807) is 0 Å². The van der Waals surface area contributed by atoms with Crippen molar-refractivity contribution in [3.05, 3.63) is 63.6 Å². The van der Waals surface area contributed by atoms with Gasteiger partial charge in [0.25, 0.3) is 5.91 Å². The Morgan fingerprint density at radius 2 is 2.08 bits per heavy atom. The van der Waals surface area contributed by atoms with Gasteiger partial charge in [-0.15, -0.1) is 0 Å². The average molecular weight is 389 g/mol. The highest BCUT2D eigenvalue weighted by molar-refractivity contribution is 9.10. The van der Waals surface area contributed by atoms with Crippen LogP contribution in [0.15, 0.2) is 46.9 Å². The number of hydrogen-bond donors (Lipinski definition) is 1. The topological polar surface area (TPSA) is 41.6 Å². The van der Waals surface area contributed by atoms with E-state index in [4.69, 9.17) is 4.74 Å². The fraction of sp³-hybridized carbons (Fsp3) is 0.316. The molecule has 5 heteroatoms. The van der Waals surface area contributed by atoms with Gasteiger partial charge in [-0.3, -0.25) is 4.79 Å². The number of rotatable bonds is 5. The van der Waals surface area contributed by atoms with Crippen LogP contribution in [0.2, 0.25) is 0 Å². The van der Waals surface area contributed by atoms with E-state index in [2.05, 4.69) is 38.3 Å². The van der Waals surface area contributed by atoms with Gasteiger partial charge in [-0.1, -0.05) is 24.3 Å². The predicted octanol–water partition coefficient (Wildman–Crippen LogP) is 3.42. The molecule has 1 unspecified atom stereocenters. The molecule has 2 aromatic carbocycles. The fourth-order valence-electron chi connectivity index (χ4n) is 2.94. The molecule has 24 heavy (non-hydrogen) atoms. The van der Waals surface area contributed by atoms with Crippen LogP contribution >= 0.6 is 15.9 Å². The third-order valence-corrected chi connectivity index (χ3v) is 4.99. The first-order chi connectivity index (χ1) is 11.6.